The van der Waals surface area contributed by atoms with Crippen LogP contribution in [0.1, 0.15) is 5.69 Å². The summed E-state index contributed by atoms with van der Waals surface area (Å²) in [5, 5.41) is 12.4. The molecule has 0 atom stereocenters. The number of pyridine rings is 1. The topological polar surface area (TPSA) is 48.9 Å². The Kier molecular flexibility index (Phi) is 1.73. The fourth-order valence-electron chi connectivity index (χ4n) is 1.91. The molecule has 3 aromatic rings. The van der Waals surface area contributed by atoms with Gasteiger partial charge in [0.1, 0.15) is 0 Å². The Bertz CT molecular complexity index is 628. The molecular formula is C12H10N2O. The molecule has 3 heteroatoms. The third-order valence-corrected chi connectivity index (χ3v) is 2.64. The number of benzene rings is 1. The van der Waals surface area contributed by atoms with Crippen LogP contribution in [0, 0.1) is 0 Å². The van der Waals surface area contributed by atoms with Gasteiger partial charge in [-0.25, -0.2) is 0 Å². The highest BCUT2D eigenvalue weighted by atomic mass is 16.3. The molecule has 0 amide bonds. The summed E-state index contributed by atoms with van der Waals surface area (Å²) in [4.78, 5) is 7.29. The Balaban J connectivity index is 2.47. The molecule has 0 fully saturated rings. The van der Waals surface area contributed by atoms with Crippen molar-refractivity contribution < 1.29 is 5.11 Å². The van der Waals surface area contributed by atoms with Crippen molar-refractivity contribution in [1.82, 2.24) is 9.97 Å². The smallest absolute Gasteiger partial charge is 0.0831 e. The van der Waals surface area contributed by atoms with E-state index in [1.54, 1.807) is 6.20 Å². The Labute approximate surface area is 86.4 Å². The first-order valence-corrected chi connectivity index (χ1v) is 4.83. The van der Waals surface area contributed by atoms with E-state index in [1.807, 2.05) is 30.5 Å². The minimum Gasteiger partial charge on any atom is -0.390 e. The number of rotatable bonds is 1. The Morgan fingerprint density at radius 3 is 2.93 bits per heavy atom. The average molecular weight is 198 g/mol. The van der Waals surface area contributed by atoms with Crippen LogP contribution >= 0.6 is 0 Å². The molecule has 3 rings (SSSR count). The van der Waals surface area contributed by atoms with E-state index in [1.165, 1.54) is 0 Å². The third kappa shape index (κ3) is 1.21. The molecule has 2 heterocycles. The number of nitrogens with zero attached hydrogens (tertiary/aromatic N) is 1. The number of aromatic nitrogens is 2. The minimum absolute atomic E-state index is 0.0429. The van der Waals surface area contributed by atoms with E-state index in [-0.39, 0.29) is 6.61 Å². The maximum absolute atomic E-state index is 9.07. The van der Waals surface area contributed by atoms with Crippen LogP contribution in [0.4, 0.5) is 0 Å². The van der Waals surface area contributed by atoms with Gasteiger partial charge in [0, 0.05) is 34.2 Å². The van der Waals surface area contributed by atoms with Gasteiger partial charge in [-0.2, -0.15) is 0 Å². The van der Waals surface area contributed by atoms with Gasteiger partial charge in [-0.3, -0.25) is 4.98 Å². The highest BCUT2D eigenvalue weighted by Gasteiger charge is 2.03. The zero-order chi connectivity index (χ0) is 10.3. The van der Waals surface area contributed by atoms with Crippen LogP contribution in [0.3, 0.4) is 0 Å². The van der Waals surface area contributed by atoms with Gasteiger partial charge in [-0.05, 0) is 12.1 Å². The van der Waals surface area contributed by atoms with Gasteiger partial charge in [-0.15, -0.1) is 0 Å². The number of aromatic amines is 1. The summed E-state index contributed by atoms with van der Waals surface area (Å²) >= 11 is 0. The van der Waals surface area contributed by atoms with Crippen LogP contribution in [-0.4, -0.2) is 15.1 Å². The maximum Gasteiger partial charge on any atom is 0.0831 e. The van der Waals surface area contributed by atoms with Crippen molar-refractivity contribution in [3.8, 4) is 0 Å². The quantitative estimate of drug-likeness (QED) is 0.629. The molecule has 0 aliphatic carbocycles. The number of aliphatic hydroxyl groups is 1. The van der Waals surface area contributed by atoms with Gasteiger partial charge in [-0.1, -0.05) is 12.1 Å². The molecule has 0 aliphatic rings. The van der Waals surface area contributed by atoms with Gasteiger partial charge in [0.25, 0.3) is 0 Å². The predicted octanol–water partition coefficient (Wildman–Crippen LogP) is 2.21. The second-order valence-electron chi connectivity index (χ2n) is 3.58. The van der Waals surface area contributed by atoms with Crippen molar-refractivity contribution in [3.05, 3.63) is 42.4 Å². The average Bonchev–Trinajstić information content (AvgIpc) is 2.72. The standard InChI is InChI=1S/C12H10N2O/c15-7-10-5-8-1-2-9-6-13-4-3-11(9)12(8)14-10/h1-6,14-15H,7H2. The second-order valence-corrected chi connectivity index (χ2v) is 3.58. The summed E-state index contributed by atoms with van der Waals surface area (Å²) in [6.07, 6.45) is 3.62. The number of H-pyrrole nitrogens is 1. The lowest BCUT2D eigenvalue weighted by molar-refractivity contribution is 0.278. The molecule has 0 saturated carbocycles. The molecule has 0 spiro atoms. The molecule has 0 unspecified atom stereocenters. The zero-order valence-corrected chi connectivity index (χ0v) is 8.07. The normalized spacial score (nSPS) is 11.3. The fourth-order valence-corrected chi connectivity index (χ4v) is 1.91. The van der Waals surface area contributed by atoms with Crippen molar-refractivity contribution in [1.29, 1.82) is 0 Å². The van der Waals surface area contributed by atoms with E-state index in [0.29, 0.717) is 0 Å². The first kappa shape index (κ1) is 8.44. The SMILES string of the molecule is OCc1cc2ccc3cnccc3c2[nH]1. The molecule has 3 nitrogen and oxygen atoms in total. The molecular weight excluding hydrogens is 188 g/mol. The predicted molar refractivity (Wildman–Crippen MR) is 59.5 cm³/mol. The van der Waals surface area contributed by atoms with E-state index in [4.69, 9.17) is 5.11 Å². The Hall–Kier alpha value is -1.87. The van der Waals surface area contributed by atoms with Crippen LogP contribution in [-0.2, 0) is 6.61 Å². The minimum atomic E-state index is 0.0429. The molecule has 0 saturated heterocycles. The first-order valence-electron chi connectivity index (χ1n) is 4.83. The maximum atomic E-state index is 9.07. The number of nitrogens with one attached hydrogen (secondary N) is 1. The van der Waals surface area contributed by atoms with Crippen molar-refractivity contribution >= 4 is 21.7 Å². The van der Waals surface area contributed by atoms with Crippen LogP contribution in [0.2, 0.25) is 0 Å². The fraction of sp³-hybridized carbons (Fsp3) is 0.0833. The van der Waals surface area contributed by atoms with Crippen LogP contribution in [0.15, 0.2) is 36.7 Å². The number of fused-ring (bicyclic) bond motifs is 3. The largest absolute Gasteiger partial charge is 0.390 e. The first-order chi connectivity index (χ1) is 7.38. The summed E-state index contributed by atoms with van der Waals surface area (Å²) < 4.78 is 0. The van der Waals surface area contributed by atoms with Crippen molar-refractivity contribution in [3.63, 3.8) is 0 Å². The molecule has 2 N–H and O–H groups in total. The van der Waals surface area contributed by atoms with E-state index >= 15 is 0 Å². The highest BCUT2D eigenvalue weighted by molar-refractivity contribution is 6.05. The van der Waals surface area contributed by atoms with E-state index in [0.717, 1.165) is 27.4 Å². The summed E-state index contributed by atoms with van der Waals surface area (Å²) in [7, 11) is 0. The molecule has 15 heavy (non-hydrogen) atoms. The van der Waals surface area contributed by atoms with Gasteiger partial charge < -0.3 is 10.1 Å². The highest BCUT2D eigenvalue weighted by Crippen LogP contribution is 2.24. The van der Waals surface area contributed by atoms with Crippen molar-refractivity contribution in [2.75, 3.05) is 0 Å². The molecule has 74 valence electrons. The van der Waals surface area contributed by atoms with Crippen LogP contribution in [0.5, 0.6) is 0 Å². The third-order valence-electron chi connectivity index (χ3n) is 2.64. The van der Waals surface area contributed by atoms with Gasteiger partial charge in [0.05, 0.1) is 12.1 Å². The van der Waals surface area contributed by atoms with Crippen LogP contribution in [0.25, 0.3) is 21.7 Å². The van der Waals surface area contributed by atoms with Gasteiger partial charge in [0.2, 0.25) is 0 Å². The molecule has 1 aromatic carbocycles. The van der Waals surface area contributed by atoms with Crippen LogP contribution < -0.4 is 0 Å². The summed E-state index contributed by atoms with van der Waals surface area (Å²) in [5.41, 5.74) is 1.91. The summed E-state index contributed by atoms with van der Waals surface area (Å²) in [6.45, 7) is 0.0429. The summed E-state index contributed by atoms with van der Waals surface area (Å²) in [5.74, 6) is 0. The number of aliphatic hydroxyl groups excluding tert-OH is 1. The lowest BCUT2D eigenvalue weighted by atomic mass is 10.1. The lowest BCUT2D eigenvalue weighted by Crippen LogP contribution is -1.80. The summed E-state index contributed by atoms with van der Waals surface area (Å²) in [6, 6.07) is 8.03. The Morgan fingerprint density at radius 1 is 1.20 bits per heavy atom. The molecule has 2 aromatic heterocycles. The zero-order valence-electron chi connectivity index (χ0n) is 8.07. The number of hydrogen-bond acceptors (Lipinski definition) is 2. The van der Waals surface area contributed by atoms with E-state index in [9.17, 15) is 0 Å². The van der Waals surface area contributed by atoms with E-state index < -0.39 is 0 Å². The van der Waals surface area contributed by atoms with Gasteiger partial charge in [0.15, 0.2) is 0 Å². The lowest BCUT2D eigenvalue weighted by Gasteiger charge is -1.97. The van der Waals surface area contributed by atoms with E-state index in [2.05, 4.69) is 9.97 Å². The number of hydrogen-bond donors (Lipinski definition) is 2. The molecule has 0 aliphatic heterocycles. The monoisotopic (exact) mass is 198 g/mol. The van der Waals surface area contributed by atoms with Crippen molar-refractivity contribution in [2.45, 2.75) is 6.61 Å². The van der Waals surface area contributed by atoms with Crippen molar-refractivity contribution in [2.24, 2.45) is 0 Å². The van der Waals surface area contributed by atoms with Gasteiger partial charge >= 0.3 is 0 Å². The molecule has 0 bridgehead atoms. The Morgan fingerprint density at radius 2 is 2.07 bits per heavy atom. The second kappa shape index (κ2) is 3.07. The molecule has 0 radical (unpaired) electrons.